The Morgan fingerprint density at radius 3 is 2.35 bits per heavy atom. The molecule has 31 heavy (non-hydrogen) atoms. The molecule has 1 unspecified atom stereocenters. The van der Waals surface area contributed by atoms with Gasteiger partial charge in [-0.25, -0.2) is 0 Å². The predicted octanol–water partition coefficient (Wildman–Crippen LogP) is 7.72. The van der Waals surface area contributed by atoms with Gasteiger partial charge in [-0.05, 0) is 75.1 Å². The molecule has 0 saturated heterocycles. The molecule has 0 saturated carbocycles. The minimum absolute atomic E-state index is 0.120. The zero-order valence-corrected chi connectivity index (χ0v) is 20.5. The van der Waals surface area contributed by atoms with Crippen molar-refractivity contribution in [3.63, 3.8) is 0 Å². The van der Waals surface area contributed by atoms with Crippen LogP contribution >= 0.6 is 15.9 Å². The molecular weight excluding hydrogens is 448 g/mol. The minimum Gasteiger partial charge on any atom is -0.294 e. The van der Waals surface area contributed by atoms with Crippen LogP contribution in [0.15, 0.2) is 105 Å². The van der Waals surface area contributed by atoms with Crippen LogP contribution in [0, 0.1) is 5.92 Å². The fourth-order valence-electron chi connectivity index (χ4n) is 3.07. The van der Waals surface area contributed by atoms with Crippen LogP contribution in [0.5, 0.6) is 0 Å². The van der Waals surface area contributed by atoms with Gasteiger partial charge in [0.1, 0.15) is 0 Å². The largest absolute Gasteiger partial charge is 0.294 e. The number of benzene rings is 1. The maximum absolute atomic E-state index is 11.9. The van der Waals surface area contributed by atoms with Crippen LogP contribution in [0.3, 0.4) is 0 Å². The first-order valence-corrected chi connectivity index (χ1v) is 11.2. The highest BCUT2D eigenvalue weighted by Gasteiger charge is 2.25. The van der Waals surface area contributed by atoms with E-state index in [1.54, 1.807) is 0 Å². The van der Waals surface area contributed by atoms with Crippen molar-refractivity contribution in [2.45, 2.75) is 41.0 Å². The molecule has 0 amide bonds. The molecule has 0 spiro atoms. The van der Waals surface area contributed by atoms with E-state index in [0.29, 0.717) is 0 Å². The second-order valence-corrected chi connectivity index (χ2v) is 8.72. The lowest BCUT2D eigenvalue weighted by molar-refractivity contribution is -0.117. The number of allylic oxidation sites excluding steroid dienone is 12. The monoisotopic (exact) mass is 478 g/mol. The number of nitrogens with one attached hydrogen (secondary N) is 1. The van der Waals surface area contributed by atoms with E-state index in [2.05, 4.69) is 45.5 Å². The lowest BCUT2D eigenvalue weighted by atomic mass is 10.1. The maximum Gasteiger partial charge on any atom is 0.161 e. The molecule has 4 heteroatoms. The number of hydrogen-bond donors (Lipinski definition) is 1. The zero-order chi connectivity index (χ0) is 22.8. The van der Waals surface area contributed by atoms with Gasteiger partial charge in [-0.1, -0.05) is 77.0 Å². The van der Waals surface area contributed by atoms with Crippen molar-refractivity contribution in [2.75, 3.05) is 5.43 Å². The fraction of sp³-hybridized carbons (Fsp3) is 0.259. The highest BCUT2D eigenvalue weighted by Crippen LogP contribution is 2.29. The molecule has 1 aliphatic rings. The molecule has 1 aliphatic carbocycles. The Kier molecular flexibility index (Phi) is 9.67. The summed E-state index contributed by atoms with van der Waals surface area (Å²) in [6.45, 7) is 10.0. The van der Waals surface area contributed by atoms with E-state index in [1.165, 1.54) is 0 Å². The Morgan fingerprint density at radius 1 is 1.06 bits per heavy atom. The average Bonchev–Trinajstić information content (AvgIpc) is 2.98. The molecular formula is C27H31BrN2O. The zero-order valence-electron chi connectivity index (χ0n) is 18.9. The van der Waals surface area contributed by atoms with E-state index in [4.69, 9.17) is 0 Å². The molecule has 2 rings (SSSR count). The third kappa shape index (κ3) is 8.14. The SMILES string of the molecule is CC1=C(/C=C(C)/C=C/C=C/C=C/C=C(C)/C(C)=N/Nc2ccc(Br)cc2)CC(C)C1=O. The third-order valence-corrected chi connectivity index (χ3v) is 5.67. The molecule has 1 aromatic carbocycles. The fourth-order valence-corrected chi connectivity index (χ4v) is 3.34. The predicted molar refractivity (Wildman–Crippen MR) is 137 cm³/mol. The maximum atomic E-state index is 11.9. The van der Waals surface area contributed by atoms with Crippen molar-refractivity contribution >= 4 is 33.1 Å². The first kappa shape index (κ1) is 24.5. The second kappa shape index (κ2) is 12.2. The highest BCUT2D eigenvalue weighted by atomic mass is 79.9. The lowest BCUT2D eigenvalue weighted by Crippen LogP contribution is -2.03. The van der Waals surface area contributed by atoms with Crippen LogP contribution in [-0.2, 0) is 4.79 Å². The third-order valence-electron chi connectivity index (χ3n) is 5.14. The Labute approximate surface area is 194 Å². The van der Waals surface area contributed by atoms with E-state index in [1.807, 2.05) is 88.4 Å². The Balaban J connectivity index is 1.84. The van der Waals surface area contributed by atoms with Crippen molar-refractivity contribution in [1.29, 1.82) is 0 Å². The normalized spacial score (nSPS) is 19.0. The molecule has 0 aromatic heterocycles. The molecule has 1 aromatic rings. The van der Waals surface area contributed by atoms with E-state index in [-0.39, 0.29) is 11.7 Å². The van der Waals surface area contributed by atoms with Crippen molar-refractivity contribution in [3.8, 4) is 0 Å². The second-order valence-electron chi connectivity index (χ2n) is 7.80. The number of halogens is 1. The number of Topliss-reactive ketones (excluding diaryl/α,β-unsaturated/α-hetero) is 1. The molecule has 0 radical (unpaired) electrons. The summed E-state index contributed by atoms with van der Waals surface area (Å²) in [6, 6.07) is 7.90. The number of ketones is 1. The van der Waals surface area contributed by atoms with Gasteiger partial charge in [0.25, 0.3) is 0 Å². The summed E-state index contributed by atoms with van der Waals surface area (Å²) in [7, 11) is 0. The van der Waals surface area contributed by atoms with Crippen LogP contribution in [0.4, 0.5) is 5.69 Å². The van der Waals surface area contributed by atoms with E-state index in [0.717, 1.165) is 44.6 Å². The first-order chi connectivity index (χ1) is 14.8. The molecule has 0 fully saturated rings. The van der Waals surface area contributed by atoms with Gasteiger partial charge in [0.15, 0.2) is 5.78 Å². The molecule has 1 N–H and O–H groups in total. The highest BCUT2D eigenvalue weighted by molar-refractivity contribution is 9.10. The first-order valence-electron chi connectivity index (χ1n) is 10.4. The topological polar surface area (TPSA) is 41.5 Å². The number of carbonyl (C=O) groups excluding carboxylic acids is 1. The Morgan fingerprint density at radius 2 is 1.71 bits per heavy atom. The number of rotatable bonds is 8. The van der Waals surface area contributed by atoms with Crippen molar-refractivity contribution < 1.29 is 4.79 Å². The molecule has 1 atom stereocenters. The number of hydrogen-bond acceptors (Lipinski definition) is 3. The number of anilines is 1. The molecule has 162 valence electrons. The number of carbonyl (C=O) groups is 1. The van der Waals surface area contributed by atoms with Gasteiger partial charge in [-0.2, -0.15) is 5.10 Å². The summed E-state index contributed by atoms with van der Waals surface area (Å²) in [5.41, 5.74) is 9.25. The van der Waals surface area contributed by atoms with E-state index < -0.39 is 0 Å². The quantitative estimate of drug-likeness (QED) is 0.236. The van der Waals surface area contributed by atoms with Crippen LogP contribution in [0.2, 0.25) is 0 Å². The van der Waals surface area contributed by atoms with Crippen molar-refractivity contribution in [1.82, 2.24) is 0 Å². The smallest absolute Gasteiger partial charge is 0.161 e. The summed E-state index contributed by atoms with van der Waals surface area (Å²) in [4.78, 5) is 11.9. The van der Waals surface area contributed by atoms with Gasteiger partial charge in [0.05, 0.1) is 11.4 Å². The standard InChI is InChI=1S/C27H31BrN2O/c1-19(17-24-18-21(3)27(31)22(24)4)11-9-7-6-8-10-12-20(2)23(5)29-30-26-15-13-25(28)14-16-26/h6-17,21,30H,18H2,1-5H3/b7-6+,10-8+,11-9+,19-17+,20-12+,29-23+. The molecule has 3 nitrogen and oxygen atoms in total. The summed E-state index contributed by atoms with van der Waals surface area (Å²) in [5, 5.41) is 4.42. The van der Waals surface area contributed by atoms with Gasteiger partial charge in [-0.15, -0.1) is 0 Å². The lowest BCUT2D eigenvalue weighted by Gasteiger charge is -2.03. The number of hydrazone groups is 1. The summed E-state index contributed by atoms with van der Waals surface area (Å²) < 4.78 is 1.04. The van der Waals surface area contributed by atoms with Gasteiger partial charge in [-0.3, -0.25) is 10.2 Å². The average molecular weight is 479 g/mol. The Hall–Kier alpha value is -2.72. The molecule has 0 bridgehead atoms. The van der Waals surface area contributed by atoms with Crippen LogP contribution in [-0.4, -0.2) is 11.5 Å². The van der Waals surface area contributed by atoms with Gasteiger partial charge in [0.2, 0.25) is 0 Å². The van der Waals surface area contributed by atoms with Gasteiger partial charge >= 0.3 is 0 Å². The van der Waals surface area contributed by atoms with E-state index >= 15 is 0 Å². The van der Waals surface area contributed by atoms with Gasteiger partial charge < -0.3 is 0 Å². The van der Waals surface area contributed by atoms with Crippen LogP contribution in [0.1, 0.15) is 41.0 Å². The van der Waals surface area contributed by atoms with Crippen LogP contribution in [0.25, 0.3) is 0 Å². The van der Waals surface area contributed by atoms with Crippen molar-refractivity contribution in [2.24, 2.45) is 11.0 Å². The number of nitrogens with zero attached hydrogens (tertiary/aromatic N) is 1. The minimum atomic E-state index is 0.120. The molecule has 0 heterocycles. The summed E-state index contributed by atoms with van der Waals surface area (Å²) in [5.74, 6) is 0.399. The summed E-state index contributed by atoms with van der Waals surface area (Å²) >= 11 is 3.42. The van der Waals surface area contributed by atoms with Crippen LogP contribution < -0.4 is 5.43 Å². The van der Waals surface area contributed by atoms with Gasteiger partial charge in [0, 0.05) is 10.4 Å². The van der Waals surface area contributed by atoms with E-state index in [9.17, 15) is 4.79 Å². The molecule has 0 aliphatic heterocycles. The van der Waals surface area contributed by atoms with Crippen molar-refractivity contribution in [3.05, 3.63) is 99.6 Å². The summed E-state index contributed by atoms with van der Waals surface area (Å²) in [6.07, 6.45) is 17.1. The Bertz CT molecular complexity index is 1000.